The summed E-state index contributed by atoms with van der Waals surface area (Å²) in [6, 6.07) is 3.00. The molecule has 1 aliphatic rings. The number of nitro groups is 1. The molecule has 154 valence electrons. The molecule has 0 unspecified atom stereocenters. The Bertz CT molecular complexity index is 962. The van der Waals surface area contributed by atoms with Crippen LogP contribution >= 0.6 is 22.7 Å². The Morgan fingerprint density at radius 1 is 1.17 bits per heavy atom. The first kappa shape index (κ1) is 21.2. The number of amides is 2. The van der Waals surface area contributed by atoms with Crippen molar-refractivity contribution in [1.29, 1.82) is 0 Å². The van der Waals surface area contributed by atoms with Crippen molar-refractivity contribution in [1.82, 2.24) is 10.4 Å². The molecule has 0 spiro atoms. The van der Waals surface area contributed by atoms with Crippen molar-refractivity contribution in [3.8, 4) is 0 Å². The maximum Gasteiger partial charge on any atom is 0.324 e. The van der Waals surface area contributed by atoms with Crippen molar-refractivity contribution in [2.24, 2.45) is 0 Å². The van der Waals surface area contributed by atoms with Gasteiger partial charge in [-0.25, -0.2) is 5.01 Å². The highest BCUT2D eigenvalue weighted by Crippen LogP contribution is 2.37. The van der Waals surface area contributed by atoms with E-state index >= 15 is 0 Å². The molecule has 3 rings (SSSR count). The van der Waals surface area contributed by atoms with Crippen molar-refractivity contribution in [2.45, 2.75) is 32.1 Å². The van der Waals surface area contributed by atoms with Gasteiger partial charge < -0.3 is 5.32 Å². The molecule has 0 fully saturated rings. The van der Waals surface area contributed by atoms with Crippen LogP contribution in [0.25, 0.3) is 6.08 Å². The van der Waals surface area contributed by atoms with Crippen LogP contribution in [0.5, 0.6) is 0 Å². The van der Waals surface area contributed by atoms with Gasteiger partial charge in [-0.2, -0.15) is 0 Å². The Kier molecular flexibility index (Phi) is 6.78. The number of nitrogens with zero attached hydrogens (tertiary/aromatic N) is 2. The summed E-state index contributed by atoms with van der Waals surface area (Å²) >= 11 is 2.45. The van der Waals surface area contributed by atoms with Gasteiger partial charge in [0, 0.05) is 36.0 Å². The fourth-order valence-corrected chi connectivity index (χ4v) is 5.19. The summed E-state index contributed by atoms with van der Waals surface area (Å²) < 4.78 is 0. The molecule has 0 aromatic carbocycles. The molecule has 2 heterocycles. The lowest BCUT2D eigenvalue weighted by atomic mass is 10.1. The summed E-state index contributed by atoms with van der Waals surface area (Å²) in [6.45, 7) is 0. The molecule has 2 aromatic rings. The predicted octanol–water partition coefficient (Wildman–Crippen LogP) is 3.85. The van der Waals surface area contributed by atoms with E-state index in [1.165, 1.54) is 29.6 Å². The van der Waals surface area contributed by atoms with Crippen LogP contribution < -0.4 is 10.7 Å². The number of rotatable bonds is 6. The van der Waals surface area contributed by atoms with Crippen molar-refractivity contribution in [3.05, 3.63) is 49.2 Å². The molecule has 8 nitrogen and oxygen atoms in total. The first-order valence-corrected chi connectivity index (χ1v) is 10.8. The Morgan fingerprint density at radius 2 is 1.93 bits per heavy atom. The molecule has 2 N–H and O–H groups in total. The zero-order valence-corrected chi connectivity index (χ0v) is 17.8. The summed E-state index contributed by atoms with van der Waals surface area (Å²) in [4.78, 5) is 37.3. The third-order valence-electron chi connectivity index (χ3n) is 4.40. The monoisotopic (exact) mass is 434 g/mol. The first-order valence-electron chi connectivity index (χ1n) is 9.21. The first-order chi connectivity index (χ1) is 13.8. The van der Waals surface area contributed by atoms with Gasteiger partial charge in [-0.15, -0.1) is 11.3 Å². The van der Waals surface area contributed by atoms with Gasteiger partial charge in [0.1, 0.15) is 5.00 Å². The molecule has 2 aromatic heterocycles. The smallest absolute Gasteiger partial charge is 0.313 e. The van der Waals surface area contributed by atoms with Crippen LogP contribution in [0.3, 0.4) is 0 Å². The van der Waals surface area contributed by atoms with Gasteiger partial charge >= 0.3 is 5.00 Å². The predicted molar refractivity (Wildman–Crippen MR) is 115 cm³/mol. The van der Waals surface area contributed by atoms with E-state index in [1.54, 1.807) is 25.2 Å². The van der Waals surface area contributed by atoms with Gasteiger partial charge in [0.25, 0.3) is 5.91 Å². The van der Waals surface area contributed by atoms with Gasteiger partial charge in [-0.1, -0.05) is 17.8 Å². The Morgan fingerprint density at radius 3 is 2.62 bits per heavy atom. The number of fused-ring (bicyclic) bond motifs is 1. The van der Waals surface area contributed by atoms with Crippen LogP contribution in [-0.4, -0.2) is 35.8 Å². The van der Waals surface area contributed by atoms with Crippen LogP contribution in [0.1, 0.15) is 44.9 Å². The second-order valence-corrected chi connectivity index (χ2v) is 9.06. The minimum Gasteiger partial charge on any atom is -0.313 e. The van der Waals surface area contributed by atoms with E-state index in [4.69, 9.17) is 0 Å². The van der Waals surface area contributed by atoms with Crippen molar-refractivity contribution < 1.29 is 14.5 Å². The number of carbonyl (C=O) groups excluding carboxylic acids is 2. The summed E-state index contributed by atoms with van der Waals surface area (Å²) in [5.74, 6) is -0.612. The van der Waals surface area contributed by atoms with Crippen molar-refractivity contribution in [3.63, 3.8) is 0 Å². The number of nitrogens with one attached hydrogen (secondary N) is 2. The molecular formula is C19H22N4O4S2. The molecule has 2 amide bonds. The molecular weight excluding hydrogens is 412 g/mol. The lowest BCUT2D eigenvalue weighted by molar-refractivity contribution is -0.380. The van der Waals surface area contributed by atoms with Crippen LogP contribution in [0.2, 0.25) is 0 Å². The lowest BCUT2D eigenvalue weighted by Crippen LogP contribution is -2.36. The van der Waals surface area contributed by atoms with Gasteiger partial charge in [0.2, 0.25) is 5.91 Å². The van der Waals surface area contributed by atoms with E-state index < -0.39 is 4.92 Å². The zero-order chi connectivity index (χ0) is 21.0. The van der Waals surface area contributed by atoms with E-state index in [0.29, 0.717) is 15.4 Å². The van der Waals surface area contributed by atoms with Crippen molar-refractivity contribution >= 4 is 50.6 Å². The molecule has 10 heteroatoms. The van der Waals surface area contributed by atoms with Crippen LogP contribution in [0.4, 0.5) is 10.0 Å². The average Bonchev–Trinajstić information content (AvgIpc) is 3.18. The second-order valence-electron chi connectivity index (χ2n) is 6.86. The summed E-state index contributed by atoms with van der Waals surface area (Å²) in [5, 5.41) is 15.7. The minimum absolute atomic E-state index is 0.0229. The van der Waals surface area contributed by atoms with E-state index in [0.717, 1.165) is 53.9 Å². The highest BCUT2D eigenvalue weighted by Gasteiger charge is 2.25. The van der Waals surface area contributed by atoms with E-state index in [2.05, 4.69) is 10.7 Å². The maximum absolute atomic E-state index is 12.8. The van der Waals surface area contributed by atoms with Crippen LogP contribution in [0.15, 0.2) is 18.2 Å². The highest BCUT2D eigenvalue weighted by molar-refractivity contribution is 7.17. The SMILES string of the molecule is CN(C)NC(=O)c1c(NC(=O)/C=C/c2ccc([N+](=O)[O-])s2)sc2c1CCCCC2. The summed E-state index contributed by atoms with van der Waals surface area (Å²) in [7, 11) is 3.48. The second kappa shape index (κ2) is 9.29. The number of hydrogen-bond donors (Lipinski definition) is 2. The Balaban J connectivity index is 1.81. The largest absolute Gasteiger partial charge is 0.324 e. The Labute approximate surface area is 176 Å². The number of thiophene rings is 2. The third kappa shape index (κ3) is 5.28. The van der Waals surface area contributed by atoms with Crippen LogP contribution in [-0.2, 0) is 17.6 Å². The van der Waals surface area contributed by atoms with Crippen LogP contribution in [0, 0.1) is 10.1 Å². The quantitative estimate of drug-likeness (QED) is 0.311. The number of hydrazine groups is 1. The Hall–Kier alpha value is -2.56. The van der Waals surface area contributed by atoms with Gasteiger partial charge in [-0.3, -0.25) is 25.1 Å². The molecule has 0 saturated carbocycles. The maximum atomic E-state index is 12.8. The zero-order valence-electron chi connectivity index (χ0n) is 16.2. The minimum atomic E-state index is -0.462. The topological polar surface area (TPSA) is 105 Å². The third-order valence-corrected chi connectivity index (χ3v) is 6.61. The molecule has 1 aliphatic carbocycles. The highest BCUT2D eigenvalue weighted by atomic mass is 32.1. The number of carbonyl (C=O) groups is 2. The molecule has 0 radical (unpaired) electrons. The summed E-state index contributed by atoms with van der Waals surface area (Å²) in [5.41, 5.74) is 4.33. The van der Waals surface area contributed by atoms with E-state index in [1.807, 2.05) is 0 Å². The number of hydrogen-bond acceptors (Lipinski definition) is 7. The van der Waals surface area contributed by atoms with Crippen molar-refractivity contribution in [2.75, 3.05) is 19.4 Å². The van der Waals surface area contributed by atoms with E-state index in [9.17, 15) is 19.7 Å². The number of aryl methyl sites for hydroxylation is 1. The normalized spacial score (nSPS) is 13.9. The molecule has 0 atom stereocenters. The standard InChI is InChI=1S/C19H22N4O4S2/c1-22(2)21-18(25)17-13-6-4-3-5-7-14(13)29-19(17)20-15(24)10-8-12-9-11-16(28-12)23(26)27/h8-11H,3-7H2,1-2H3,(H,20,24)(H,21,25)/b10-8+. The molecule has 0 saturated heterocycles. The van der Waals surface area contributed by atoms with E-state index in [-0.39, 0.29) is 16.8 Å². The average molecular weight is 435 g/mol. The summed E-state index contributed by atoms with van der Waals surface area (Å²) in [6.07, 6.45) is 7.83. The molecule has 0 aliphatic heterocycles. The fraction of sp³-hybridized carbons (Fsp3) is 0.368. The fourth-order valence-electron chi connectivity index (χ4n) is 3.17. The molecule has 29 heavy (non-hydrogen) atoms. The lowest BCUT2D eigenvalue weighted by Gasteiger charge is -2.14. The van der Waals surface area contributed by atoms with Gasteiger partial charge in [0.05, 0.1) is 10.5 Å². The van der Waals surface area contributed by atoms with Gasteiger partial charge in [0.15, 0.2) is 0 Å². The number of anilines is 1. The molecule has 0 bridgehead atoms. The van der Waals surface area contributed by atoms with Gasteiger partial charge in [-0.05, 0) is 43.4 Å².